The summed E-state index contributed by atoms with van der Waals surface area (Å²) in [6.45, 7) is -3.14. The molecule has 13 heteroatoms. The van der Waals surface area contributed by atoms with Crippen LogP contribution in [0.5, 0.6) is 11.6 Å². The van der Waals surface area contributed by atoms with E-state index < -0.39 is 17.8 Å². The van der Waals surface area contributed by atoms with E-state index >= 15 is 0 Å². The van der Waals surface area contributed by atoms with Crippen molar-refractivity contribution in [3.05, 3.63) is 123 Å². The third-order valence-corrected chi connectivity index (χ3v) is 6.83. The first-order valence-corrected chi connectivity index (χ1v) is 13.2. The van der Waals surface area contributed by atoms with E-state index in [0.29, 0.717) is 11.1 Å². The van der Waals surface area contributed by atoms with Gasteiger partial charge in [-0.3, -0.25) is 18.9 Å². The third kappa shape index (κ3) is 5.24. The van der Waals surface area contributed by atoms with E-state index in [2.05, 4.69) is 15.0 Å². The molecule has 0 saturated heterocycles. The van der Waals surface area contributed by atoms with E-state index in [4.69, 9.17) is 21.1 Å². The van der Waals surface area contributed by atoms with Gasteiger partial charge in [0.15, 0.2) is 5.82 Å². The predicted octanol–water partition coefficient (Wildman–Crippen LogP) is 5.43. The zero-order valence-electron chi connectivity index (χ0n) is 22.4. The summed E-state index contributed by atoms with van der Waals surface area (Å²) in [5, 5.41) is 0.196. The molecule has 10 nitrogen and oxygen atoms in total. The molecule has 0 unspecified atom stereocenters. The maximum Gasteiger partial charge on any atom is 0.340 e. The van der Waals surface area contributed by atoms with Gasteiger partial charge in [0.05, 0.1) is 46.8 Å². The number of alkyl halides is 2. The molecule has 0 aliphatic rings. The van der Waals surface area contributed by atoms with Gasteiger partial charge in [0.2, 0.25) is 5.88 Å². The van der Waals surface area contributed by atoms with Crippen LogP contribution in [0.1, 0.15) is 12.4 Å². The Bertz CT molecular complexity index is 2080. The standard InChI is InChI=1S/C30H21ClF2N6O4/c1-42-27-22(7-5-11-35-27)23-16-37(30(41)38(28(23)40)19-6-4-10-34-15-19)20-12-18(31)13-21(14-20)43-17-26-36-24-8-2-3-9-25(24)39(26)29(32)33/h2-16,29H,17H2,1H3. The van der Waals surface area contributed by atoms with Crippen molar-refractivity contribution in [3.8, 4) is 34.1 Å². The Balaban J connectivity index is 1.47. The Labute approximate surface area is 247 Å². The maximum absolute atomic E-state index is 13.9. The van der Waals surface area contributed by atoms with E-state index in [9.17, 15) is 18.4 Å². The Kier molecular flexibility index (Phi) is 7.43. The van der Waals surface area contributed by atoms with Gasteiger partial charge in [0.25, 0.3) is 5.56 Å². The number of imidazole rings is 1. The second-order valence-corrected chi connectivity index (χ2v) is 9.64. The van der Waals surface area contributed by atoms with Gasteiger partial charge in [-0.1, -0.05) is 23.7 Å². The van der Waals surface area contributed by atoms with Crippen molar-refractivity contribution in [2.24, 2.45) is 0 Å². The Morgan fingerprint density at radius 3 is 2.53 bits per heavy atom. The summed E-state index contributed by atoms with van der Waals surface area (Å²) in [6.07, 6.45) is 5.78. The Hall–Kier alpha value is -5.36. The second-order valence-electron chi connectivity index (χ2n) is 9.21. The van der Waals surface area contributed by atoms with Crippen LogP contribution in [0.3, 0.4) is 0 Å². The summed E-state index contributed by atoms with van der Waals surface area (Å²) in [4.78, 5) is 40.1. The van der Waals surface area contributed by atoms with E-state index in [1.54, 1.807) is 48.5 Å². The normalized spacial score (nSPS) is 11.3. The number of halogens is 3. The Morgan fingerprint density at radius 2 is 1.77 bits per heavy atom. The van der Waals surface area contributed by atoms with Crippen LogP contribution in [0, 0.1) is 0 Å². The molecule has 4 aromatic heterocycles. The monoisotopic (exact) mass is 602 g/mol. The van der Waals surface area contributed by atoms with Crippen molar-refractivity contribution in [1.29, 1.82) is 0 Å². The molecule has 0 N–H and O–H groups in total. The lowest BCUT2D eigenvalue weighted by atomic mass is 10.1. The number of pyridine rings is 2. The SMILES string of the molecule is COc1ncccc1-c1cn(-c2cc(Cl)cc(OCc3nc4ccccc4n3C(F)F)c2)c(=O)n(-c2cccnc2)c1=O. The van der Waals surface area contributed by atoms with E-state index in [1.807, 2.05) is 0 Å². The molecule has 4 heterocycles. The van der Waals surface area contributed by atoms with Gasteiger partial charge >= 0.3 is 12.2 Å². The summed E-state index contributed by atoms with van der Waals surface area (Å²) in [5.74, 6) is 0.368. The minimum absolute atomic E-state index is 0.00554. The number of benzene rings is 2. The van der Waals surface area contributed by atoms with Gasteiger partial charge < -0.3 is 9.47 Å². The minimum atomic E-state index is -2.84. The quantitative estimate of drug-likeness (QED) is 0.229. The number of para-hydroxylation sites is 2. The molecule has 6 rings (SSSR count). The number of nitrogens with zero attached hydrogens (tertiary/aromatic N) is 6. The molecule has 0 saturated carbocycles. The van der Waals surface area contributed by atoms with Crippen LogP contribution >= 0.6 is 11.6 Å². The summed E-state index contributed by atoms with van der Waals surface area (Å²) in [6, 6.07) is 17.5. The maximum atomic E-state index is 13.9. The highest BCUT2D eigenvalue weighted by Gasteiger charge is 2.21. The molecule has 2 aromatic carbocycles. The molecule has 43 heavy (non-hydrogen) atoms. The molecule has 6 aromatic rings. The van der Waals surface area contributed by atoms with Crippen LogP contribution in [0.2, 0.25) is 5.02 Å². The van der Waals surface area contributed by atoms with Crippen molar-refractivity contribution in [1.82, 2.24) is 28.7 Å². The number of aromatic nitrogens is 6. The topological polar surface area (TPSA) is 106 Å². The number of methoxy groups -OCH3 is 1. The van der Waals surface area contributed by atoms with Crippen LogP contribution in [0.25, 0.3) is 33.5 Å². The fraction of sp³-hybridized carbons (Fsp3) is 0.100. The van der Waals surface area contributed by atoms with Crippen molar-refractivity contribution < 1.29 is 18.3 Å². The van der Waals surface area contributed by atoms with Gasteiger partial charge in [-0.15, -0.1) is 0 Å². The lowest BCUT2D eigenvalue weighted by Gasteiger charge is -2.16. The highest BCUT2D eigenvalue weighted by Crippen LogP contribution is 2.29. The predicted molar refractivity (Wildman–Crippen MR) is 156 cm³/mol. The molecule has 0 fully saturated rings. The van der Waals surface area contributed by atoms with Gasteiger partial charge in [0.1, 0.15) is 12.4 Å². The van der Waals surface area contributed by atoms with Crippen LogP contribution in [-0.2, 0) is 6.61 Å². The summed E-state index contributed by atoms with van der Waals surface area (Å²) in [7, 11) is 1.42. The molecule has 0 bridgehead atoms. The lowest BCUT2D eigenvalue weighted by Crippen LogP contribution is -2.38. The highest BCUT2D eigenvalue weighted by atomic mass is 35.5. The molecule has 0 spiro atoms. The van der Waals surface area contributed by atoms with Crippen LogP contribution in [-0.4, -0.2) is 35.8 Å². The fourth-order valence-corrected chi connectivity index (χ4v) is 4.95. The Morgan fingerprint density at radius 1 is 0.953 bits per heavy atom. The van der Waals surface area contributed by atoms with Crippen LogP contribution in [0.4, 0.5) is 8.78 Å². The zero-order valence-corrected chi connectivity index (χ0v) is 23.2. The minimum Gasteiger partial charge on any atom is -0.486 e. The van der Waals surface area contributed by atoms with Gasteiger partial charge in [0, 0.05) is 29.7 Å². The summed E-state index contributed by atoms with van der Waals surface area (Å²) < 4.78 is 42.1. The average Bonchev–Trinajstić information content (AvgIpc) is 3.39. The van der Waals surface area contributed by atoms with E-state index in [0.717, 1.165) is 9.13 Å². The molecule has 0 aliphatic carbocycles. The average molecular weight is 603 g/mol. The van der Waals surface area contributed by atoms with Crippen molar-refractivity contribution in [2.75, 3.05) is 7.11 Å². The molecule has 0 aliphatic heterocycles. The number of rotatable bonds is 8. The van der Waals surface area contributed by atoms with Crippen molar-refractivity contribution >= 4 is 22.6 Å². The largest absolute Gasteiger partial charge is 0.486 e. The molecule has 0 radical (unpaired) electrons. The van der Waals surface area contributed by atoms with Crippen molar-refractivity contribution in [2.45, 2.75) is 13.2 Å². The zero-order chi connectivity index (χ0) is 30.1. The van der Waals surface area contributed by atoms with Gasteiger partial charge in [-0.05, 0) is 48.5 Å². The first-order chi connectivity index (χ1) is 20.9. The van der Waals surface area contributed by atoms with Crippen molar-refractivity contribution in [3.63, 3.8) is 0 Å². The van der Waals surface area contributed by atoms with Crippen LogP contribution in [0.15, 0.2) is 101 Å². The molecular weight excluding hydrogens is 582 g/mol. The smallest absolute Gasteiger partial charge is 0.340 e. The first kappa shape index (κ1) is 27.8. The first-order valence-electron chi connectivity index (χ1n) is 12.8. The van der Waals surface area contributed by atoms with Crippen LogP contribution < -0.4 is 20.7 Å². The third-order valence-electron chi connectivity index (χ3n) is 6.61. The number of ether oxygens (including phenoxy) is 2. The highest BCUT2D eigenvalue weighted by molar-refractivity contribution is 6.30. The van der Waals surface area contributed by atoms with Gasteiger partial charge in [-0.25, -0.2) is 19.3 Å². The molecule has 0 amide bonds. The lowest BCUT2D eigenvalue weighted by molar-refractivity contribution is 0.0677. The molecular formula is C30H21ClF2N6O4. The summed E-state index contributed by atoms with van der Waals surface area (Å²) in [5.41, 5.74) is 0.285. The second kappa shape index (κ2) is 11.5. The van der Waals surface area contributed by atoms with Gasteiger partial charge in [-0.2, -0.15) is 8.78 Å². The molecule has 0 atom stereocenters. The van der Waals surface area contributed by atoms with E-state index in [1.165, 1.54) is 54.7 Å². The summed E-state index contributed by atoms with van der Waals surface area (Å²) >= 11 is 6.43. The number of fused-ring (bicyclic) bond motifs is 1. The van der Waals surface area contributed by atoms with E-state index in [-0.39, 0.29) is 51.5 Å². The number of hydrogen-bond donors (Lipinski definition) is 0. The number of hydrogen-bond acceptors (Lipinski definition) is 7. The fourth-order valence-electron chi connectivity index (χ4n) is 4.73. The molecule has 216 valence electrons.